The van der Waals surface area contributed by atoms with Crippen molar-refractivity contribution in [2.24, 2.45) is 0 Å². The molecular formula is C19H14O2P2S. The van der Waals surface area contributed by atoms with E-state index in [1.165, 1.54) is 0 Å². The maximum Gasteiger partial charge on any atom is 0.344 e. The fourth-order valence-corrected chi connectivity index (χ4v) is 3.51. The molecule has 2 unspecified atom stereocenters. The Bertz CT molecular complexity index is 1170. The lowest BCUT2D eigenvalue weighted by Crippen LogP contribution is -2.12. The Kier molecular flexibility index (Phi) is 3.96. The van der Waals surface area contributed by atoms with Gasteiger partial charge in [-0.25, -0.2) is 4.79 Å². The first-order valence-corrected chi connectivity index (χ1v) is 8.97. The highest BCUT2D eigenvalue weighted by atomic mass is 32.1. The number of hydrogen-bond donors (Lipinski definition) is 1. The molecular weight excluding hydrogens is 354 g/mol. The van der Waals surface area contributed by atoms with Crippen LogP contribution in [0.25, 0.3) is 32.9 Å². The summed E-state index contributed by atoms with van der Waals surface area (Å²) < 4.78 is 5.52. The minimum Gasteiger partial charge on any atom is -0.422 e. The summed E-state index contributed by atoms with van der Waals surface area (Å²) in [4.78, 5) is 13.3. The molecule has 4 aromatic rings. The normalized spacial score (nSPS) is 11.3. The van der Waals surface area contributed by atoms with Crippen molar-refractivity contribution in [3.63, 3.8) is 0 Å². The molecule has 0 aliphatic rings. The van der Waals surface area contributed by atoms with Crippen LogP contribution in [-0.4, -0.2) is 0 Å². The van der Waals surface area contributed by atoms with E-state index in [2.05, 4.69) is 31.1 Å². The van der Waals surface area contributed by atoms with Gasteiger partial charge in [0.1, 0.15) is 5.58 Å². The molecule has 0 aliphatic carbocycles. The molecule has 0 N–H and O–H groups in total. The Hall–Kier alpha value is -1.66. The Morgan fingerprint density at radius 3 is 2.33 bits per heavy atom. The summed E-state index contributed by atoms with van der Waals surface area (Å²) in [7, 11) is 5.33. The number of hydrogen-bond acceptors (Lipinski definition) is 3. The van der Waals surface area contributed by atoms with Gasteiger partial charge in [-0.3, -0.25) is 0 Å². The molecule has 0 spiro atoms. The zero-order valence-electron chi connectivity index (χ0n) is 12.6. The average molecular weight is 368 g/mol. The van der Waals surface area contributed by atoms with Gasteiger partial charge in [-0.05, 0) is 63.3 Å². The highest BCUT2D eigenvalue weighted by molar-refractivity contribution is 7.80. The van der Waals surface area contributed by atoms with Gasteiger partial charge in [-0.15, -0.1) is 31.1 Å². The predicted octanol–water partition coefficient (Wildman–Crippen LogP) is 3.90. The lowest BCUT2D eigenvalue weighted by atomic mass is 10.0. The molecule has 0 radical (unpaired) electrons. The standard InChI is InChI=1S/C19H14O2P2S/c20-19-15(7-13-8-17(22)18(23)9-16(13)21-19)12-2-1-11-6-14(24)4-3-10(11)5-12/h1-9,24H,22-23H2. The van der Waals surface area contributed by atoms with Gasteiger partial charge in [0.15, 0.2) is 0 Å². The van der Waals surface area contributed by atoms with Crippen molar-refractivity contribution in [1.82, 2.24) is 0 Å². The number of rotatable bonds is 1. The highest BCUT2D eigenvalue weighted by Crippen LogP contribution is 2.26. The second-order valence-electron chi connectivity index (χ2n) is 5.71. The molecule has 0 fully saturated rings. The van der Waals surface area contributed by atoms with Crippen LogP contribution in [0, 0.1) is 0 Å². The Balaban J connectivity index is 1.95. The zero-order chi connectivity index (χ0) is 16.8. The first-order valence-electron chi connectivity index (χ1n) is 7.37. The van der Waals surface area contributed by atoms with E-state index in [0.29, 0.717) is 11.1 Å². The molecule has 0 amide bonds. The summed E-state index contributed by atoms with van der Waals surface area (Å²) in [6.07, 6.45) is 0. The minimum atomic E-state index is -0.325. The van der Waals surface area contributed by atoms with E-state index in [0.717, 1.165) is 37.2 Å². The number of benzene rings is 3. The fraction of sp³-hybridized carbons (Fsp3) is 0. The van der Waals surface area contributed by atoms with Crippen LogP contribution in [0.3, 0.4) is 0 Å². The van der Waals surface area contributed by atoms with Gasteiger partial charge >= 0.3 is 5.63 Å². The van der Waals surface area contributed by atoms with Crippen LogP contribution < -0.4 is 16.2 Å². The van der Waals surface area contributed by atoms with E-state index in [9.17, 15) is 4.79 Å². The maximum atomic E-state index is 12.4. The van der Waals surface area contributed by atoms with Gasteiger partial charge in [-0.1, -0.05) is 18.2 Å². The molecule has 0 saturated carbocycles. The van der Waals surface area contributed by atoms with Gasteiger partial charge in [-0.2, -0.15) is 0 Å². The molecule has 24 heavy (non-hydrogen) atoms. The molecule has 5 heteroatoms. The summed E-state index contributed by atoms with van der Waals surface area (Å²) in [5.74, 6) is 0. The van der Waals surface area contributed by atoms with Crippen molar-refractivity contribution in [3.05, 3.63) is 65.0 Å². The molecule has 2 atom stereocenters. The van der Waals surface area contributed by atoms with E-state index in [-0.39, 0.29) is 5.63 Å². The molecule has 118 valence electrons. The number of thiol groups is 1. The van der Waals surface area contributed by atoms with Crippen LogP contribution in [0.15, 0.2) is 68.7 Å². The van der Waals surface area contributed by atoms with Crippen molar-refractivity contribution in [1.29, 1.82) is 0 Å². The van der Waals surface area contributed by atoms with Gasteiger partial charge in [0.05, 0.1) is 5.56 Å². The van der Waals surface area contributed by atoms with Crippen molar-refractivity contribution >= 4 is 63.5 Å². The van der Waals surface area contributed by atoms with Crippen LogP contribution in [0.1, 0.15) is 0 Å². The van der Waals surface area contributed by atoms with Crippen LogP contribution >= 0.6 is 31.1 Å². The predicted molar refractivity (Wildman–Crippen MR) is 111 cm³/mol. The second-order valence-corrected chi connectivity index (χ2v) is 7.47. The van der Waals surface area contributed by atoms with E-state index < -0.39 is 0 Å². The second kappa shape index (κ2) is 6.01. The summed E-state index contributed by atoms with van der Waals surface area (Å²) in [5.41, 5.74) is 1.69. The van der Waals surface area contributed by atoms with Crippen molar-refractivity contribution in [2.45, 2.75) is 4.90 Å². The van der Waals surface area contributed by atoms with Crippen LogP contribution in [-0.2, 0) is 0 Å². The third-order valence-corrected chi connectivity index (χ3v) is 5.68. The van der Waals surface area contributed by atoms with Gasteiger partial charge in [0.2, 0.25) is 0 Å². The SMILES string of the molecule is O=c1oc2cc(P)c(P)cc2cc1-c1ccc2cc(S)ccc2c1. The fourth-order valence-electron chi connectivity index (χ4n) is 2.80. The van der Waals surface area contributed by atoms with E-state index in [4.69, 9.17) is 4.42 Å². The van der Waals surface area contributed by atoms with E-state index >= 15 is 0 Å². The third-order valence-electron chi connectivity index (χ3n) is 4.07. The summed E-state index contributed by atoms with van der Waals surface area (Å²) >= 11 is 4.36. The Morgan fingerprint density at radius 1 is 0.792 bits per heavy atom. The number of fused-ring (bicyclic) bond motifs is 2. The molecule has 0 saturated heterocycles. The molecule has 3 aromatic carbocycles. The first kappa shape index (κ1) is 15.8. The smallest absolute Gasteiger partial charge is 0.344 e. The van der Waals surface area contributed by atoms with Gasteiger partial charge in [0.25, 0.3) is 0 Å². The first-order chi connectivity index (χ1) is 11.5. The molecule has 1 aromatic heterocycles. The van der Waals surface area contributed by atoms with Crippen molar-refractivity contribution in [3.8, 4) is 11.1 Å². The topological polar surface area (TPSA) is 30.2 Å². The molecule has 0 aliphatic heterocycles. The molecule has 2 nitrogen and oxygen atoms in total. The van der Waals surface area contributed by atoms with Crippen molar-refractivity contribution in [2.75, 3.05) is 0 Å². The molecule has 1 heterocycles. The largest absolute Gasteiger partial charge is 0.422 e. The van der Waals surface area contributed by atoms with E-state index in [1.807, 2.05) is 54.6 Å². The molecule has 4 rings (SSSR count). The Labute approximate surface area is 149 Å². The van der Waals surface area contributed by atoms with Crippen LogP contribution in [0.2, 0.25) is 0 Å². The maximum absolute atomic E-state index is 12.4. The zero-order valence-corrected chi connectivity index (χ0v) is 15.8. The van der Waals surface area contributed by atoms with E-state index in [1.54, 1.807) is 0 Å². The lowest BCUT2D eigenvalue weighted by Gasteiger charge is -2.07. The summed E-state index contributed by atoms with van der Waals surface area (Å²) in [5, 5.41) is 5.13. The molecule has 0 bridgehead atoms. The van der Waals surface area contributed by atoms with Crippen molar-refractivity contribution < 1.29 is 4.42 Å². The third kappa shape index (κ3) is 2.78. The Morgan fingerprint density at radius 2 is 1.50 bits per heavy atom. The highest BCUT2D eigenvalue weighted by Gasteiger charge is 2.10. The van der Waals surface area contributed by atoms with Crippen LogP contribution in [0.4, 0.5) is 0 Å². The quantitative estimate of drug-likeness (QED) is 0.314. The van der Waals surface area contributed by atoms with Gasteiger partial charge < -0.3 is 4.42 Å². The minimum absolute atomic E-state index is 0.325. The monoisotopic (exact) mass is 368 g/mol. The van der Waals surface area contributed by atoms with Gasteiger partial charge in [0, 0.05) is 10.3 Å². The van der Waals surface area contributed by atoms with Crippen LogP contribution in [0.5, 0.6) is 0 Å². The lowest BCUT2D eigenvalue weighted by molar-refractivity contribution is 0.564. The average Bonchev–Trinajstić information content (AvgIpc) is 2.55. The summed E-state index contributed by atoms with van der Waals surface area (Å²) in [6.45, 7) is 0. The summed E-state index contributed by atoms with van der Waals surface area (Å²) in [6, 6.07) is 17.7.